The van der Waals surface area contributed by atoms with Crippen LogP contribution in [0.1, 0.15) is 9.67 Å². The van der Waals surface area contributed by atoms with E-state index >= 15 is 0 Å². The fraction of sp³-hybridized carbons (Fsp3) is 0.250. The minimum atomic E-state index is -1.05. The molecule has 15 heavy (non-hydrogen) atoms. The number of hydrogen-bond donors (Lipinski definition) is 2. The highest BCUT2D eigenvalue weighted by molar-refractivity contribution is 8.02. The molecule has 0 aromatic carbocycles. The number of anilines is 2. The normalized spacial score (nSPS) is 15.3. The maximum atomic E-state index is 11.4. The first-order valence-corrected chi connectivity index (χ1v) is 5.87. The van der Waals surface area contributed by atoms with Gasteiger partial charge in [0.15, 0.2) is 0 Å². The summed E-state index contributed by atoms with van der Waals surface area (Å²) >= 11 is 2.46. The molecule has 0 atom stereocenters. The second-order valence-corrected chi connectivity index (χ2v) is 5.29. The molecule has 1 aliphatic rings. The van der Waals surface area contributed by atoms with Gasteiger partial charge in [0.1, 0.15) is 4.88 Å². The molecule has 0 bridgehead atoms. The van der Waals surface area contributed by atoms with Gasteiger partial charge in [0.05, 0.1) is 21.3 Å². The predicted octanol–water partition coefficient (Wildman–Crippen LogP) is 1.10. The Hall–Kier alpha value is -1.21. The van der Waals surface area contributed by atoms with E-state index in [-0.39, 0.29) is 16.5 Å². The van der Waals surface area contributed by atoms with Crippen molar-refractivity contribution >= 4 is 46.3 Å². The molecule has 0 aliphatic carbocycles. The van der Waals surface area contributed by atoms with Gasteiger partial charge in [0.2, 0.25) is 5.91 Å². The zero-order valence-electron chi connectivity index (χ0n) is 7.81. The third-order valence-corrected chi connectivity index (χ3v) is 4.55. The molecule has 0 unspecified atom stereocenters. The summed E-state index contributed by atoms with van der Waals surface area (Å²) in [5.74, 6) is -0.773. The maximum Gasteiger partial charge on any atom is 0.348 e. The number of thiophene rings is 1. The zero-order chi connectivity index (χ0) is 11.2. The number of fused-ring (bicyclic) bond motifs is 1. The highest BCUT2D eigenvalue weighted by atomic mass is 32.2. The molecule has 0 saturated carbocycles. The number of rotatable bonds is 1. The summed E-state index contributed by atoms with van der Waals surface area (Å²) in [5.41, 5.74) is 6.43. The number of nitrogens with zero attached hydrogens (tertiary/aromatic N) is 1. The van der Waals surface area contributed by atoms with Crippen LogP contribution in [-0.4, -0.2) is 29.8 Å². The molecule has 0 spiro atoms. The van der Waals surface area contributed by atoms with Gasteiger partial charge in [-0.2, -0.15) is 0 Å². The Labute approximate surface area is 93.9 Å². The van der Waals surface area contributed by atoms with Crippen LogP contribution in [0.15, 0.2) is 4.21 Å². The van der Waals surface area contributed by atoms with Crippen molar-refractivity contribution in [3.63, 3.8) is 0 Å². The number of carbonyl (C=O) groups excluding carboxylic acids is 1. The third kappa shape index (κ3) is 1.47. The van der Waals surface area contributed by atoms with Gasteiger partial charge in [-0.25, -0.2) is 4.79 Å². The average molecular weight is 244 g/mol. The summed E-state index contributed by atoms with van der Waals surface area (Å²) in [6.45, 7) is 0. The van der Waals surface area contributed by atoms with E-state index in [2.05, 4.69) is 0 Å². The zero-order valence-corrected chi connectivity index (χ0v) is 9.44. The van der Waals surface area contributed by atoms with E-state index in [0.717, 1.165) is 15.5 Å². The summed E-state index contributed by atoms with van der Waals surface area (Å²) < 4.78 is 0.798. The van der Waals surface area contributed by atoms with Crippen molar-refractivity contribution in [2.24, 2.45) is 0 Å². The highest BCUT2D eigenvalue weighted by Crippen LogP contribution is 2.46. The van der Waals surface area contributed by atoms with Gasteiger partial charge < -0.3 is 15.7 Å². The van der Waals surface area contributed by atoms with Crippen LogP contribution >= 0.6 is 23.1 Å². The van der Waals surface area contributed by atoms with Crippen molar-refractivity contribution in [3.05, 3.63) is 4.88 Å². The quantitative estimate of drug-likeness (QED) is 0.772. The summed E-state index contributed by atoms with van der Waals surface area (Å²) in [5, 5.41) is 8.88. The lowest BCUT2D eigenvalue weighted by atomic mass is 10.3. The van der Waals surface area contributed by atoms with Gasteiger partial charge in [-0.1, -0.05) is 0 Å². The molecule has 5 nitrogen and oxygen atoms in total. The second kappa shape index (κ2) is 3.42. The van der Waals surface area contributed by atoms with Crippen molar-refractivity contribution in [1.29, 1.82) is 0 Å². The van der Waals surface area contributed by atoms with Gasteiger partial charge in [0, 0.05) is 7.05 Å². The van der Waals surface area contributed by atoms with Crippen LogP contribution < -0.4 is 10.6 Å². The molecule has 7 heteroatoms. The molecular formula is C8H8N2O3S2. The smallest absolute Gasteiger partial charge is 0.348 e. The Morgan fingerprint density at radius 3 is 2.87 bits per heavy atom. The van der Waals surface area contributed by atoms with E-state index in [0.29, 0.717) is 11.4 Å². The Morgan fingerprint density at radius 1 is 1.60 bits per heavy atom. The first-order chi connectivity index (χ1) is 7.02. The molecule has 1 aromatic rings. The van der Waals surface area contributed by atoms with Gasteiger partial charge in [-0.3, -0.25) is 4.79 Å². The lowest BCUT2D eigenvalue weighted by Gasteiger charge is -2.22. The molecule has 1 aliphatic heterocycles. The monoisotopic (exact) mass is 244 g/mol. The molecule has 1 amide bonds. The number of nitrogens with two attached hydrogens (primary N) is 1. The van der Waals surface area contributed by atoms with Crippen molar-refractivity contribution in [2.45, 2.75) is 4.21 Å². The summed E-state index contributed by atoms with van der Waals surface area (Å²) in [6, 6.07) is 0. The number of thioether (sulfide) groups is 1. The van der Waals surface area contributed by atoms with Crippen LogP contribution in [0.25, 0.3) is 0 Å². The Balaban J connectivity index is 2.58. The Morgan fingerprint density at radius 2 is 2.27 bits per heavy atom. The molecule has 0 radical (unpaired) electrons. The van der Waals surface area contributed by atoms with Gasteiger partial charge in [-0.05, 0) is 0 Å². The van der Waals surface area contributed by atoms with E-state index in [1.54, 1.807) is 7.05 Å². The van der Waals surface area contributed by atoms with Crippen LogP contribution in [-0.2, 0) is 4.79 Å². The van der Waals surface area contributed by atoms with Crippen molar-refractivity contribution in [3.8, 4) is 0 Å². The second-order valence-electron chi connectivity index (χ2n) is 3.03. The van der Waals surface area contributed by atoms with Crippen molar-refractivity contribution in [1.82, 2.24) is 0 Å². The number of carboxylic acid groups (broad SMARTS) is 1. The SMILES string of the molecule is CN1C(=O)CSc2sc(C(=O)O)c(N)c21. The van der Waals surface area contributed by atoms with E-state index in [1.165, 1.54) is 16.7 Å². The first kappa shape index (κ1) is 10.3. The maximum absolute atomic E-state index is 11.4. The van der Waals surface area contributed by atoms with Crippen LogP contribution in [0, 0.1) is 0 Å². The van der Waals surface area contributed by atoms with Crippen LogP contribution in [0.5, 0.6) is 0 Å². The van der Waals surface area contributed by atoms with Crippen molar-refractivity contribution < 1.29 is 14.7 Å². The fourth-order valence-corrected chi connectivity index (χ4v) is 3.65. The molecule has 1 aromatic heterocycles. The van der Waals surface area contributed by atoms with Crippen LogP contribution in [0.4, 0.5) is 11.4 Å². The largest absolute Gasteiger partial charge is 0.477 e. The molecule has 3 N–H and O–H groups in total. The molecule has 2 rings (SSSR count). The number of amides is 1. The van der Waals surface area contributed by atoms with E-state index in [4.69, 9.17) is 10.8 Å². The minimum Gasteiger partial charge on any atom is -0.477 e. The number of aromatic carboxylic acids is 1. The van der Waals surface area contributed by atoms with Gasteiger partial charge in [-0.15, -0.1) is 23.1 Å². The number of carbonyl (C=O) groups is 2. The number of carboxylic acids is 1. The Kier molecular flexibility index (Phi) is 2.35. The van der Waals surface area contributed by atoms with Crippen LogP contribution in [0.2, 0.25) is 0 Å². The molecule has 80 valence electrons. The summed E-state index contributed by atoms with van der Waals surface area (Å²) in [4.78, 5) is 23.8. The number of hydrogen-bond acceptors (Lipinski definition) is 5. The predicted molar refractivity (Wildman–Crippen MR) is 59.8 cm³/mol. The standard InChI is InChI=1S/C8H8N2O3S2/c1-10-3(11)2-14-8-5(10)4(9)6(15-8)7(12)13/h2,9H2,1H3,(H,12,13). The summed E-state index contributed by atoms with van der Waals surface area (Å²) in [7, 11) is 1.61. The highest BCUT2D eigenvalue weighted by Gasteiger charge is 2.29. The molecule has 0 fully saturated rings. The van der Waals surface area contributed by atoms with Gasteiger partial charge >= 0.3 is 5.97 Å². The fourth-order valence-electron chi connectivity index (χ4n) is 1.34. The first-order valence-electron chi connectivity index (χ1n) is 4.07. The third-order valence-electron chi connectivity index (χ3n) is 2.12. The molecule has 2 heterocycles. The Bertz CT molecular complexity index is 455. The average Bonchev–Trinajstić information content (AvgIpc) is 2.50. The summed E-state index contributed by atoms with van der Waals surface area (Å²) in [6.07, 6.45) is 0. The van der Waals surface area contributed by atoms with E-state index < -0.39 is 5.97 Å². The minimum absolute atomic E-state index is 0.0612. The van der Waals surface area contributed by atoms with Gasteiger partial charge in [0.25, 0.3) is 0 Å². The molecular weight excluding hydrogens is 236 g/mol. The topological polar surface area (TPSA) is 83.6 Å². The molecule has 0 saturated heterocycles. The number of nitrogen functional groups attached to an aromatic ring is 1. The lowest BCUT2D eigenvalue weighted by Crippen LogP contribution is -2.31. The van der Waals surface area contributed by atoms with E-state index in [9.17, 15) is 9.59 Å². The van der Waals surface area contributed by atoms with Crippen molar-refractivity contribution in [2.75, 3.05) is 23.4 Å². The van der Waals surface area contributed by atoms with E-state index in [1.807, 2.05) is 0 Å². The lowest BCUT2D eigenvalue weighted by molar-refractivity contribution is -0.116. The van der Waals surface area contributed by atoms with Crippen LogP contribution in [0.3, 0.4) is 0 Å².